The summed E-state index contributed by atoms with van der Waals surface area (Å²) in [6.07, 6.45) is 4.00. The van der Waals surface area contributed by atoms with E-state index in [1.54, 1.807) is 4.68 Å². The minimum Gasteiger partial charge on any atom is -0.323 e. The average Bonchev–Trinajstić information content (AvgIpc) is 2.89. The van der Waals surface area contributed by atoms with Gasteiger partial charge in [-0.3, -0.25) is 9.47 Å². The molecular formula is C20H28N6O2. The molecule has 0 aliphatic carbocycles. The van der Waals surface area contributed by atoms with E-state index in [2.05, 4.69) is 15.3 Å². The van der Waals surface area contributed by atoms with E-state index in [9.17, 15) is 9.59 Å². The highest BCUT2D eigenvalue weighted by Gasteiger charge is 2.20. The van der Waals surface area contributed by atoms with Crippen molar-refractivity contribution in [1.82, 2.24) is 24.1 Å². The van der Waals surface area contributed by atoms with Crippen LogP contribution < -0.4 is 11.0 Å². The van der Waals surface area contributed by atoms with Gasteiger partial charge < -0.3 is 10.2 Å². The second-order valence-corrected chi connectivity index (χ2v) is 7.51. The molecule has 0 saturated carbocycles. The Balaban J connectivity index is 1.29. The number of carbonyl (C=O) groups is 1. The maximum absolute atomic E-state index is 12.5. The third-order valence-corrected chi connectivity index (χ3v) is 5.56. The lowest BCUT2D eigenvalue weighted by atomic mass is 10.2. The molecule has 150 valence electrons. The number of fused-ring (bicyclic) bond motifs is 1. The van der Waals surface area contributed by atoms with Crippen LogP contribution in [0.2, 0.25) is 0 Å². The van der Waals surface area contributed by atoms with Crippen LogP contribution in [0.3, 0.4) is 0 Å². The van der Waals surface area contributed by atoms with E-state index in [0.29, 0.717) is 13.1 Å². The van der Waals surface area contributed by atoms with Gasteiger partial charge in [0.05, 0.1) is 6.54 Å². The highest BCUT2D eigenvalue weighted by atomic mass is 16.2. The number of benzene rings is 1. The van der Waals surface area contributed by atoms with Crippen LogP contribution in [0.15, 0.2) is 35.1 Å². The Bertz CT molecular complexity index is 859. The second-order valence-electron chi connectivity index (χ2n) is 7.51. The summed E-state index contributed by atoms with van der Waals surface area (Å²) in [5.74, 6) is 0.927. The van der Waals surface area contributed by atoms with Crippen molar-refractivity contribution in [2.75, 3.05) is 38.0 Å². The molecule has 2 amide bonds. The van der Waals surface area contributed by atoms with Gasteiger partial charge in [-0.1, -0.05) is 18.2 Å². The molecule has 8 heteroatoms. The smallest absolute Gasteiger partial charge is 0.323 e. The zero-order valence-electron chi connectivity index (χ0n) is 16.2. The predicted molar refractivity (Wildman–Crippen MR) is 108 cm³/mol. The summed E-state index contributed by atoms with van der Waals surface area (Å²) in [6, 6.07) is 9.49. The van der Waals surface area contributed by atoms with E-state index in [0.717, 1.165) is 69.9 Å². The predicted octanol–water partition coefficient (Wildman–Crippen LogP) is 1.62. The summed E-state index contributed by atoms with van der Waals surface area (Å²) in [7, 11) is 0. The number of nitrogens with one attached hydrogen (secondary N) is 1. The van der Waals surface area contributed by atoms with E-state index >= 15 is 0 Å². The largest absolute Gasteiger partial charge is 0.345 e. The van der Waals surface area contributed by atoms with Crippen LogP contribution in [-0.2, 0) is 19.5 Å². The van der Waals surface area contributed by atoms with Crippen molar-refractivity contribution < 1.29 is 4.79 Å². The topological polar surface area (TPSA) is 75.4 Å². The first-order chi connectivity index (χ1) is 13.7. The number of nitrogens with zero attached hydrogens (tertiary/aromatic N) is 5. The maximum atomic E-state index is 12.5. The normalized spacial score (nSPS) is 17.8. The molecule has 3 heterocycles. The van der Waals surface area contributed by atoms with E-state index in [1.807, 2.05) is 39.8 Å². The molecule has 0 atom stereocenters. The molecule has 1 aromatic heterocycles. The van der Waals surface area contributed by atoms with E-state index in [1.165, 1.54) is 0 Å². The Hall–Kier alpha value is -2.61. The number of aromatic nitrogens is 3. The summed E-state index contributed by atoms with van der Waals surface area (Å²) in [5.41, 5.74) is 0.838. The van der Waals surface area contributed by atoms with Crippen molar-refractivity contribution >= 4 is 11.7 Å². The SMILES string of the molecule is O=C(Nc1ccccc1)N1CCCN(CCn2nc3n(c2=O)CCCC3)CC1. The zero-order valence-corrected chi connectivity index (χ0v) is 16.2. The molecule has 2 aliphatic heterocycles. The van der Waals surface area contributed by atoms with Crippen molar-refractivity contribution in [3.8, 4) is 0 Å². The Labute approximate surface area is 164 Å². The third-order valence-electron chi connectivity index (χ3n) is 5.56. The van der Waals surface area contributed by atoms with Crippen LogP contribution in [0.1, 0.15) is 25.1 Å². The van der Waals surface area contributed by atoms with Crippen molar-refractivity contribution in [2.45, 2.75) is 38.8 Å². The quantitative estimate of drug-likeness (QED) is 0.869. The Morgan fingerprint density at radius 2 is 1.82 bits per heavy atom. The molecule has 4 rings (SSSR count). The average molecular weight is 384 g/mol. The fourth-order valence-corrected chi connectivity index (χ4v) is 3.95. The number of amides is 2. The summed E-state index contributed by atoms with van der Waals surface area (Å²) in [6.45, 7) is 5.35. The molecular weight excluding hydrogens is 356 g/mol. The van der Waals surface area contributed by atoms with Crippen molar-refractivity contribution in [1.29, 1.82) is 0 Å². The molecule has 0 bridgehead atoms. The molecule has 8 nitrogen and oxygen atoms in total. The third kappa shape index (κ3) is 4.27. The number of para-hydroxylation sites is 1. The van der Waals surface area contributed by atoms with Gasteiger partial charge in [-0.25, -0.2) is 14.3 Å². The molecule has 1 aromatic carbocycles. The number of anilines is 1. The van der Waals surface area contributed by atoms with Gasteiger partial charge >= 0.3 is 11.7 Å². The Morgan fingerprint density at radius 1 is 0.964 bits per heavy atom. The van der Waals surface area contributed by atoms with E-state index in [4.69, 9.17) is 0 Å². The maximum Gasteiger partial charge on any atom is 0.345 e. The van der Waals surface area contributed by atoms with Crippen LogP contribution in [0.4, 0.5) is 10.5 Å². The Kier molecular flexibility index (Phi) is 5.76. The fourth-order valence-electron chi connectivity index (χ4n) is 3.95. The lowest BCUT2D eigenvalue weighted by Crippen LogP contribution is -2.39. The summed E-state index contributed by atoms with van der Waals surface area (Å²) >= 11 is 0. The van der Waals surface area contributed by atoms with Gasteiger partial charge in [-0.15, -0.1) is 0 Å². The van der Waals surface area contributed by atoms with E-state index in [-0.39, 0.29) is 11.7 Å². The van der Waals surface area contributed by atoms with Crippen LogP contribution in [0.5, 0.6) is 0 Å². The minimum absolute atomic E-state index is 0.0217. The van der Waals surface area contributed by atoms with Crippen molar-refractivity contribution in [3.63, 3.8) is 0 Å². The first-order valence-corrected chi connectivity index (χ1v) is 10.2. The molecule has 0 radical (unpaired) electrons. The lowest BCUT2D eigenvalue weighted by Gasteiger charge is -2.22. The molecule has 0 unspecified atom stereocenters. The van der Waals surface area contributed by atoms with Gasteiger partial charge in [0.1, 0.15) is 5.82 Å². The Morgan fingerprint density at radius 3 is 2.64 bits per heavy atom. The van der Waals surface area contributed by atoms with Gasteiger partial charge in [-0.2, -0.15) is 5.10 Å². The number of aryl methyl sites for hydroxylation is 1. The molecule has 1 fully saturated rings. The van der Waals surface area contributed by atoms with Gasteiger partial charge in [-0.05, 0) is 37.9 Å². The number of carbonyl (C=O) groups excluding carboxylic acids is 1. The number of rotatable bonds is 4. The van der Waals surface area contributed by atoms with Crippen LogP contribution >= 0.6 is 0 Å². The van der Waals surface area contributed by atoms with Crippen molar-refractivity contribution in [3.05, 3.63) is 46.6 Å². The van der Waals surface area contributed by atoms with E-state index < -0.39 is 0 Å². The first kappa shape index (κ1) is 18.7. The fraction of sp³-hybridized carbons (Fsp3) is 0.550. The van der Waals surface area contributed by atoms with Gasteiger partial charge in [0.2, 0.25) is 0 Å². The van der Waals surface area contributed by atoms with Gasteiger partial charge in [0.15, 0.2) is 0 Å². The zero-order chi connectivity index (χ0) is 19.3. The first-order valence-electron chi connectivity index (χ1n) is 10.2. The monoisotopic (exact) mass is 384 g/mol. The van der Waals surface area contributed by atoms with Crippen LogP contribution in [-0.4, -0.2) is 62.9 Å². The van der Waals surface area contributed by atoms with Crippen LogP contribution in [0, 0.1) is 0 Å². The molecule has 1 N–H and O–H groups in total. The molecule has 28 heavy (non-hydrogen) atoms. The standard InChI is InChI=1S/C20H28N6O2/c27-19(21-17-7-2-1-3-8-17)24-11-6-10-23(13-15-24)14-16-26-20(28)25-12-5-4-9-18(25)22-26/h1-3,7-8H,4-6,9-16H2,(H,21,27). The van der Waals surface area contributed by atoms with Crippen molar-refractivity contribution in [2.24, 2.45) is 0 Å². The van der Waals surface area contributed by atoms with Gasteiger partial charge in [0, 0.05) is 44.8 Å². The highest BCUT2D eigenvalue weighted by Crippen LogP contribution is 2.11. The summed E-state index contributed by atoms with van der Waals surface area (Å²) in [4.78, 5) is 29.1. The molecule has 2 aliphatic rings. The molecule has 0 spiro atoms. The number of hydrogen-bond donors (Lipinski definition) is 1. The molecule has 1 saturated heterocycles. The second kappa shape index (κ2) is 8.60. The summed E-state index contributed by atoms with van der Waals surface area (Å²) < 4.78 is 3.44. The van der Waals surface area contributed by atoms with Crippen LogP contribution in [0.25, 0.3) is 0 Å². The summed E-state index contributed by atoms with van der Waals surface area (Å²) in [5, 5.41) is 7.47. The minimum atomic E-state index is -0.0500. The number of hydrogen-bond acceptors (Lipinski definition) is 4. The number of urea groups is 1. The molecule has 2 aromatic rings. The highest BCUT2D eigenvalue weighted by molar-refractivity contribution is 5.89. The lowest BCUT2D eigenvalue weighted by molar-refractivity contribution is 0.210. The van der Waals surface area contributed by atoms with Gasteiger partial charge in [0.25, 0.3) is 0 Å².